The lowest BCUT2D eigenvalue weighted by molar-refractivity contribution is 0.110. The molecule has 3 rings (SSSR count). The first kappa shape index (κ1) is 19.6. The Balaban J connectivity index is 2.00. The Labute approximate surface area is 163 Å². The van der Waals surface area contributed by atoms with E-state index in [1.54, 1.807) is 7.11 Å². The lowest BCUT2D eigenvalue weighted by atomic mass is 10.0. The molecule has 0 radical (unpaired) electrons. The second kappa shape index (κ2) is 9.14. The lowest BCUT2D eigenvalue weighted by Crippen LogP contribution is -2.36. The third-order valence-corrected chi connectivity index (χ3v) is 7.43. The maximum Gasteiger partial charge on any atom is 0.128 e. The average molecular weight is 379 g/mol. The minimum atomic E-state index is -0.853. The van der Waals surface area contributed by atoms with Crippen LogP contribution < -0.4 is 15.3 Å². The van der Waals surface area contributed by atoms with E-state index in [-0.39, 0.29) is 6.04 Å². The largest absolute Gasteiger partial charge is 0.496 e. The second-order valence-corrected chi connectivity index (χ2v) is 8.74. The van der Waals surface area contributed by atoms with Crippen LogP contribution in [0.2, 0.25) is 0 Å². The Bertz CT molecular complexity index is 841. The van der Waals surface area contributed by atoms with E-state index in [4.69, 9.17) is 4.74 Å². The molecule has 3 atom stereocenters. The van der Waals surface area contributed by atoms with E-state index >= 15 is 0 Å². The van der Waals surface area contributed by atoms with Crippen LogP contribution in [0, 0.1) is 0 Å². The zero-order valence-corrected chi connectivity index (χ0v) is 16.9. The van der Waals surface area contributed by atoms with Gasteiger partial charge in [-0.15, -0.1) is 0 Å². The van der Waals surface area contributed by atoms with Crippen LogP contribution in [0.4, 0.5) is 0 Å². The molecule has 0 heterocycles. The van der Waals surface area contributed by atoms with Crippen molar-refractivity contribution in [3.05, 3.63) is 90.5 Å². The monoisotopic (exact) mass is 379 g/mol. The number of ether oxygens (including phenoxy) is 1. The van der Waals surface area contributed by atoms with E-state index in [2.05, 4.69) is 49.0 Å². The van der Waals surface area contributed by atoms with Crippen LogP contribution >= 0.6 is 8.07 Å². The third kappa shape index (κ3) is 4.39. The standard InChI is InChI=1S/C23H26NO2P/c1-18(23(25)19-12-6-4-7-13-19)24(2)27(20-14-8-5-9-15-20)22-17-11-10-16-21(22)26-3/h4-18,23,25H,1-3H3/t18-,23-,27?/m1/s1. The highest BCUT2D eigenvalue weighted by molar-refractivity contribution is 7.71. The van der Waals surface area contributed by atoms with Gasteiger partial charge in [-0.1, -0.05) is 72.8 Å². The molecule has 0 saturated heterocycles. The summed E-state index contributed by atoms with van der Waals surface area (Å²) in [7, 11) is 2.94. The van der Waals surface area contributed by atoms with Crippen molar-refractivity contribution in [1.82, 2.24) is 4.67 Å². The molecule has 0 amide bonds. The number of methoxy groups -OCH3 is 1. The zero-order valence-electron chi connectivity index (χ0n) is 16.0. The number of rotatable bonds is 7. The van der Waals surface area contributed by atoms with Gasteiger partial charge >= 0.3 is 0 Å². The molecule has 3 aromatic carbocycles. The number of hydrogen-bond acceptors (Lipinski definition) is 3. The molecule has 0 saturated carbocycles. The van der Waals surface area contributed by atoms with Gasteiger partial charge in [0.1, 0.15) is 5.75 Å². The van der Waals surface area contributed by atoms with Gasteiger partial charge in [-0.3, -0.25) is 4.67 Å². The summed E-state index contributed by atoms with van der Waals surface area (Å²) >= 11 is 0. The van der Waals surface area contributed by atoms with E-state index in [9.17, 15) is 5.11 Å². The first-order chi connectivity index (χ1) is 13.1. The van der Waals surface area contributed by atoms with E-state index in [0.29, 0.717) is 0 Å². The third-order valence-electron chi connectivity index (χ3n) is 4.82. The minimum absolute atomic E-state index is 0.0661. The number of nitrogens with zero attached hydrogens (tertiary/aromatic N) is 1. The molecule has 140 valence electrons. The van der Waals surface area contributed by atoms with Crippen LogP contribution in [0.25, 0.3) is 0 Å². The summed E-state index contributed by atoms with van der Waals surface area (Å²) in [5.41, 5.74) is 0.930. The molecule has 0 aromatic heterocycles. The van der Waals surface area contributed by atoms with E-state index in [1.807, 2.05) is 54.6 Å². The minimum Gasteiger partial charge on any atom is -0.496 e. The second-order valence-electron chi connectivity index (χ2n) is 6.49. The van der Waals surface area contributed by atoms with Gasteiger partial charge in [0.25, 0.3) is 0 Å². The first-order valence-electron chi connectivity index (χ1n) is 9.07. The van der Waals surface area contributed by atoms with Crippen LogP contribution in [0.3, 0.4) is 0 Å². The van der Waals surface area contributed by atoms with E-state index < -0.39 is 14.2 Å². The summed E-state index contributed by atoms with van der Waals surface area (Å²) in [6.45, 7) is 2.07. The Morgan fingerprint density at radius 2 is 1.41 bits per heavy atom. The molecular formula is C23H26NO2P. The van der Waals surface area contributed by atoms with Crippen molar-refractivity contribution in [2.45, 2.75) is 19.1 Å². The van der Waals surface area contributed by atoms with Gasteiger partial charge < -0.3 is 9.84 Å². The van der Waals surface area contributed by atoms with Gasteiger partial charge in [-0.25, -0.2) is 0 Å². The molecule has 0 fully saturated rings. The lowest BCUT2D eigenvalue weighted by Gasteiger charge is -2.36. The van der Waals surface area contributed by atoms with Gasteiger partial charge in [0, 0.05) is 19.4 Å². The van der Waals surface area contributed by atoms with Gasteiger partial charge in [-0.05, 0) is 37.0 Å². The molecule has 0 spiro atoms. The molecule has 1 unspecified atom stereocenters. The maximum absolute atomic E-state index is 11.0. The molecule has 3 nitrogen and oxygen atoms in total. The number of para-hydroxylation sites is 1. The number of likely N-dealkylation sites (N-methyl/N-ethyl adjacent to an activating group) is 1. The van der Waals surface area contributed by atoms with Crippen molar-refractivity contribution >= 4 is 18.7 Å². The topological polar surface area (TPSA) is 32.7 Å². The van der Waals surface area contributed by atoms with Crippen LogP contribution in [0.1, 0.15) is 18.6 Å². The summed E-state index contributed by atoms with van der Waals surface area (Å²) in [5.74, 6) is 0.876. The fourth-order valence-corrected chi connectivity index (χ4v) is 5.71. The fraction of sp³-hybridized carbons (Fsp3) is 0.217. The summed E-state index contributed by atoms with van der Waals surface area (Å²) in [6, 6.07) is 28.4. The molecule has 4 heteroatoms. The first-order valence-corrected chi connectivity index (χ1v) is 10.4. The Hall–Kier alpha value is -2.19. The molecule has 3 aromatic rings. The highest BCUT2D eigenvalue weighted by atomic mass is 31.1. The highest BCUT2D eigenvalue weighted by Crippen LogP contribution is 2.43. The Kier molecular flexibility index (Phi) is 6.63. The molecule has 0 aliphatic rings. The zero-order chi connectivity index (χ0) is 19.2. The van der Waals surface area contributed by atoms with Crippen molar-refractivity contribution in [1.29, 1.82) is 0 Å². The Morgan fingerprint density at radius 1 is 0.852 bits per heavy atom. The molecular weight excluding hydrogens is 353 g/mol. The number of aliphatic hydroxyl groups excluding tert-OH is 1. The SMILES string of the molecule is COc1ccccc1P(c1ccccc1)N(C)[C@H](C)[C@@H](O)c1ccccc1. The fourth-order valence-electron chi connectivity index (χ4n) is 3.18. The molecule has 0 aliphatic carbocycles. The normalized spacial score (nSPS) is 14.6. The van der Waals surface area contributed by atoms with E-state index in [1.165, 1.54) is 5.30 Å². The summed E-state index contributed by atoms with van der Waals surface area (Å²) in [4.78, 5) is 0. The summed E-state index contributed by atoms with van der Waals surface area (Å²) in [6.07, 6.45) is -0.570. The van der Waals surface area contributed by atoms with Crippen molar-refractivity contribution in [3.8, 4) is 5.75 Å². The van der Waals surface area contributed by atoms with Crippen LogP contribution in [0.5, 0.6) is 5.75 Å². The molecule has 0 aliphatic heterocycles. The van der Waals surface area contributed by atoms with Crippen LogP contribution in [0.15, 0.2) is 84.9 Å². The molecule has 1 N–H and O–H groups in total. The smallest absolute Gasteiger partial charge is 0.128 e. The van der Waals surface area contributed by atoms with Gasteiger partial charge in [-0.2, -0.15) is 0 Å². The summed E-state index contributed by atoms with van der Waals surface area (Å²) in [5, 5.41) is 13.3. The highest BCUT2D eigenvalue weighted by Gasteiger charge is 2.29. The molecule has 0 bridgehead atoms. The van der Waals surface area contributed by atoms with Crippen molar-refractivity contribution in [2.75, 3.05) is 14.2 Å². The van der Waals surface area contributed by atoms with Crippen molar-refractivity contribution in [3.63, 3.8) is 0 Å². The summed E-state index contributed by atoms with van der Waals surface area (Å²) < 4.78 is 7.93. The van der Waals surface area contributed by atoms with Crippen LogP contribution in [-0.2, 0) is 0 Å². The maximum atomic E-state index is 11.0. The van der Waals surface area contributed by atoms with Gasteiger partial charge in [0.2, 0.25) is 0 Å². The molecule has 27 heavy (non-hydrogen) atoms. The number of hydrogen-bond donors (Lipinski definition) is 1. The quantitative estimate of drug-likeness (QED) is 0.628. The number of benzene rings is 3. The van der Waals surface area contributed by atoms with Crippen LogP contribution in [-0.4, -0.2) is 30.0 Å². The van der Waals surface area contributed by atoms with E-state index in [0.717, 1.165) is 16.6 Å². The number of aliphatic hydroxyl groups is 1. The Morgan fingerprint density at radius 3 is 2.04 bits per heavy atom. The van der Waals surface area contributed by atoms with Crippen molar-refractivity contribution in [2.24, 2.45) is 0 Å². The average Bonchev–Trinajstić information content (AvgIpc) is 2.74. The predicted octanol–water partition coefficient (Wildman–Crippen LogP) is 4.10. The van der Waals surface area contributed by atoms with Gasteiger partial charge in [0.05, 0.1) is 13.2 Å². The van der Waals surface area contributed by atoms with Crippen molar-refractivity contribution < 1.29 is 9.84 Å². The predicted molar refractivity (Wildman–Crippen MR) is 114 cm³/mol. The van der Waals surface area contributed by atoms with Gasteiger partial charge in [0.15, 0.2) is 0 Å².